The van der Waals surface area contributed by atoms with E-state index in [2.05, 4.69) is 37.1 Å². The Kier molecular flexibility index (Phi) is 2.56. The molecule has 78 valence electrons. The van der Waals surface area contributed by atoms with Gasteiger partial charge in [0.1, 0.15) is 0 Å². The zero-order chi connectivity index (χ0) is 10.8. The zero-order valence-electron chi connectivity index (χ0n) is 9.07. The first kappa shape index (κ1) is 9.93. The van der Waals surface area contributed by atoms with E-state index in [4.69, 9.17) is 5.73 Å². The van der Waals surface area contributed by atoms with E-state index >= 15 is 0 Å². The number of nitrogens with zero attached hydrogens (tertiary/aromatic N) is 2. The van der Waals surface area contributed by atoms with Crippen LogP contribution in [-0.4, -0.2) is 9.78 Å². The van der Waals surface area contributed by atoms with Crippen molar-refractivity contribution in [1.29, 1.82) is 0 Å². The van der Waals surface area contributed by atoms with E-state index in [1.807, 2.05) is 17.1 Å². The molecule has 2 aromatic rings. The highest BCUT2D eigenvalue weighted by molar-refractivity contribution is 5.46. The molecule has 3 nitrogen and oxygen atoms in total. The zero-order valence-corrected chi connectivity index (χ0v) is 9.07. The minimum absolute atomic E-state index is 0.533. The van der Waals surface area contributed by atoms with E-state index in [9.17, 15) is 0 Å². The Morgan fingerprint density at radius 2 is 1.93 bits per heavy atom. The molecule has 0 bridgehead atoms. The van der Waals surface area contributed by atoms with Crippen LogP contribution in [0.25, 0.3) is 5.69 Å². The van der Waals surface area contributed by atoms with Crippen LogP contribution in [0.4, 0.5) is 0 Å². The van der Waals surface area contributed by atoms with Gasteiger partial charge in [0.2, 0.25) is 0 Å². The molecule has 0 radical (unpaired) electrons. The molecule has 15 heavy (non-hydrogen) atoms. The van der Waals surface area contributed by atoms with Crippen molar-refractivity contribution in [2.75, 3.05) is 0 Å². The molecule has 0 saturated heterocycles. The lowest BCUT2D eigenvalue weighted by atomic mass is 10.1. The lowest BCUT2D eigenvalue weighted by Gasteiger charge is -2.08. The van der Waals surface area contributed by atoms with Gasteiger partial charge < -0.3 is 5.73 Å². The Morgan fingerprint density at radius 3 is 2.47 bits per heavy atom. The first-order valence-corrected chi connectivity index (χ1v) is 5.02. The van der Waals surface area contributed by atoms with Crippen molar-refractivity contribution < 1.29 is 0 Å². The van der Waals surface area contributed by atoms with Crippen molar-refractivity contribution >= 4 is 0 Å². The van der Waals surface area contributed by atoms with Crippen molar-refractivity contribution in [2.24, 2.45) is 5.73 Å². The molecule has 0 aliphatic heterocycles. The first-order chi connectivity index (χ1) is 7.22. The highest BCUT2D eigenvalue weighted by atomic mass is 15.3. The summed E-state index contributed by atoms with van der Waals surface area (Å²) < 4.78 is 1.90. The molecule has 0 unspecified atom stereocenters. The third-order valence-corrected chi connectivity index (χ3v) is 2.54. The van der Waals surface area contributed by atoms with E-state index in [1.54, 1.807) is 0 Å². The molecule has 0 saturated carbocycles. The van der Waals surface area contributed by atoms with Gasteiger partial charge in [-0.25, -0.2) is 4.68 Å². The van der Waals surface area contributed by atoms with Gasteiger partial charge in [-0.05, 0) is 25.0 Å². The molecule has 1 aromatic carbocycles. The SMILES string of the molecule is Cc1cccc(C)c1-n1cc(CN)cn1. The standard InChI is InChI=1S/C12H15N3/c1-9-4-3-5-10(2)12(9)15-8-11(6-13)7-14-15/h3-5,7-8H,6,13H2,1-2H3. The Hall–Kier alpha value is -1.61. The van der Waals surface area contributed by atoms with Crippen molar-refractivity contribution in [3.63, 3.8) is 0 Å². The van der Waals surface area contributed by atoms with Crippen molar-refractivity contribution in [1.82, 2.24) is 9.78 Å². The third kappa shape index (κ3) is 1.78. The first-order valence-electron chi connectivity index (χ1n) is 5.02. The maximum Gasteiger partial charge on any atom is 0.0703 e. The van der Waals surface area contributed by atoms with E-state index in [0.717, 1.165) is 11.3 Å². The van der Waals surface area contributed by atoms with Gasteiger partial charge in [0.15, 0.2) is 0 Å². The fourth-order valence-corrected chi connectivity index (χ4v) is 1.75. The smallest absolute Gasteiger partial charge is 0.0703 e. The number of rotatable bonds is 2. The molecule has 3 heteroatoms. The lowest BCUT2D eigenvalue weighted by Crippen LogP contribution is -2.00. The predicted molar refractivity (Wildman–Crippen MR) is 60.9 cm³/mol. The topological polar surface area (TPSA) is 43.8 Å². The Labute approximate surface area is 89.5 Å². The van der Waals surface area contributed by atoms with E-state index in [-0.39, 0.29) is 0 Å². The summed E-state index contributed by atoms with van der Waals surface area (Å²) in [5.74, 6) is 0. The summed E-state index contributed by atoms with van der Waals surface area (Å²) in [6.07, 6.45) is 3.79. The summed E-state index contributed by atoms with van der Waals surface area (Å²) in [5, 5.41) is 4.32. The second-order valence-corrected chi connectivity index (χ2v) is 3.74. The predicted octanol–water partition coefficient (Wildman–Crippen LogP) is 1.95. The van der Waals surface area contributed by atoms with E-state index in [0.29, 0.717) is 6.54 Å². The number of para-hydroxylation sites is 1. The Balaban J connectivity index is 2.53. The fourth-order valence-electron chi connectivity index (χ4n) is 1.75. The average Bonchev–Trinajstić information content (AvgIpc) is 2.66. The summed E-state index contributed by atoms with van der Waals surface area (Å²) in [6, 6.07) is 6.24. The number of aryl methyl sites for hydroxylation is 2. The Bertz CT molecular complexity index is 451. The second kappa shape index (κ2) is 3.87. The lowest BCUT2D eigenvalue weighted by molar-refractivity contribution is 0.864. The van der Waals surface area contributed by atoms with Crippen molar-refractivity contribution in [3.8, 4) is 5.69 Å². The highest BCUT2D eigenvalue weighted by Gasteiger charge is 2.05. The number of aromatic nitrogens is 2. The molecule has 0 aliphatic carbocycles. The molecule has 1 aromatic heterocycles. The van der Waals surface area contributed by atoms with Crippen LogP contribution in [0, 0.1) is 13.8 Å². The van der Waals surface area contributed by atoms with Gasteiger partial charge in [0, 0.05) is 18.3 Å². The van der Waals surface area contributed by atoms with Crippen LogP contribution in [0.5, 0.6) is 0 Å². The Morgan fingerprint density at radius 1 is 1.27 bits per heavy atom. The van der Waals surface area contributed by atoms with Crippen LogP contribution >= 0.6 is 0 Å². The highest BCUT2D eigenvalue weighted by Crippen LogP contribution is 2.18. The van der Waals surface area contributed by atoms with Gasteiger partial charge in [-0.3, -0.25) is 0 Å². The molecular weight excluding hydrogens is 186 g/mol. The number of hydrogen-bond acceptors (Lipinski definition) is 2. The van der Waals surface area contributed by atoms with Gasteiger partial charge in [-0.2, -0.15) is 5.10 Å². The van der Waals surface area contributed by atoms with Crippen LogP contribution in [-0.2, 0) is 6.54 Å². The van der Waals surface area contributed by atoms with Gasteiger partial charge in [-0.1, -0.05) is 18.2 Å². The van der Waals surface area contributed by atoms with Crippen molar-refractivity contribution in [3.05, 3.63) is 47.3 Å². The average molecular weight is 201 g/mol. The summed E-state index contributed by atoms with van der Waals surface area (Å²) >= 11 is 0. The minimum atomic E-state index is 0.533. The van der Waals surface area contributed by atoms with Crippen molar-refractivity contribution in [2.45, 2.75) is 20.4 Å². The third-order valence-electron chi connectivity index (χ3n) is 2.54. The molecule has 2 rings (SSSR count). The molecule has 2 N–H and O–H groups in total. The molecule has 1 heterocycles. The van der Waals surface area contributed by atoms with Gasteiger partial charge in [0.05, 0.1) is 11.9 Å². The van der Waals surface area contributed by atoms with Crippen LogP contribution in [0.2, 0.25) is 0 Å². The number of benzene rings is 1. The summed E-state index contributed by atoms with van der Waals surface area (Å²) in [4.78, 5) is 0. The van der Waals surface area contributed by atoms with Crippen LogP contribution in [0.3, 0.4) is 0 Å². The van der Waals surface area contributed by atoms with Gasteiger partial charge in [0.25, 0.3) is 0 Å². The molecular formula is C12H15N3. The summed E-state index contributed by atoms with van der Waals surface area (Å²) in [6.45, 7) is 4.71. The van der Waals surface area contributed by atoms with E-state index in [1.165, 1.54) is 11.1 Å². The number of hydrogen-bond donors (Lipinski definition) is 1. The fraction of sp³-hybridized carbons (Fsp3) is 0.250. The van der Waals surface area contributed by atoms with Crippen LogP contribution in [0.15, 0.2) is 30.6 Å². The summed E-state index contributed by atoms with van der Waals surface area (Å²) in [5.41, 5.74) is 10.2. The van der Waals surface area contributed by atoms with Gasteiger partial charge >= 0.3 is 0 Å². The normalized spacial score (nSPS) is 10.6. The van der Waals surface area contributed by atoms with Gasteiger partial charge in [-0.15, -0.1) is 0 Å². The molecule has 0 fully saturated rings. The largest absolute Gasteiger partial charge is 0.326 e. The maximum atomic E-state index is 5.56. The minimum Gasteiger partial charge on any atom is -0.326 e. The van der Waals surface area contributed by atoms with E-state index < -0.39 is 0 Å². The van der Waals surface area contributed by atoms with Crippen LogP contribution in [0.1, 0.15) is 16.7 Å². The molecule has 0 amide bonds. The monoisotopic (exact) mass is 201 g/mol. The summed E-state index contributed by atoms with van der Waals surface area (Å²) in [7, 11) is 0. The molecule has 0 aliphatic rings. The molecule has 0 atom stereocenters. The molecule has 0 spiro atoms. The number of nitrogens with two attached hydrogens (primary N) is 1. The quantitative estimate of drug-likeness (QED) is 0.807. The maximum absolute atomic E-state index is 5.56. The van der Waals surface area contributed by atoms with Crippen LogP contribution < -0.4 is 5.73 Å². The second-order valence-electron chi connectivity index (χ2n) is 3.74.